The van der Waals surface area contributed by atoms with Crippen molar-refractivity contribution in [1.82, 2.24) is 9.99 Å². The maximum atomic E-state index is 12.6. The van der Waals surface area contributed by atoms with Crippen LogP contribution in [-0.2, 0) is 0 Å². The Morgan fingerprint density at radius 1 is 0.842 bits per heavy atom. The fraction of sp³-hybridized carbons (Fsp3) is 0. The highest BCUT2D eigenvalue weighted by Crippen LogP contribution is 2.35. The van der Waals surface area contributed by atoms with E-state index in [1.54, 1.807) is 42.6 Å². The van der Waals surface area contributed by atoms with E-state index in [0.29, 0.717) is 10.6 Å². The van der Waals surface area contributed by atoms with Crippen LogP contribution in [0.25, 0.3) is 28.2 Å². The highest BCUT2D eigenvalue weighted by molar-refractivity contribution is 6.30. The average Bonchev–Trinajstić information content (AvgIpc) is 3.33. The van der Waals surface area contributed by atoms with Crippen molar-refractivity contribution >= 4 is 29.4 Å². The van der Waals surface area contributed by atoms with Crippen LogP contribution in [0.2, 0.25) is 5.02 Å². The van der Waals surface area contributed by atoms with E-state index in [1.165, 1.54) is 12.1 Å². The molecule has 5 rings (SSSR count). The summed E-state index contributed by atoms with van der Waals surface area (Å²) in [5.74, 6) is -0.364. The number of nitro benzene ring substituents is 1. The van der Waals surface area contributed by atoms with E-state index in [0.717, 1.165) is 33.8 Å². The largest absolute Gasteiger partial charge is 0.309 e. The molecule has 0 saturated carbocycles. The van der Waals surface area contributed by atoms with Crippen molar-refractivity contribution in [3.8, 4) is 28.2 Å². The second-order valence-electron chi connectivity index (χ2n) is 8.38. The summed E-state index contributed by atoms with van der Waals surface area (Å²) in [4.78, 5) is 23.4. The zero-order valence-corrected chi connectivity index (χ0v) is 20.7. The number of halogens is 1. The molecule has 0 unspecified atom stereocenters. The van der Waals surface area contributed by atoms with Crippen LogP contribution in [0.5, 0.6) is 0 Å². The van der Waals surface area contributed by atoms with Gasteiger partial charge in [-0.15, -0.1) is 0 Å². The molecule has 186 valence electrons. The second-order valence-corrected chi connectivity index (χ2v) is 8.82. The minimum Gasteiger partial charge on any atom is -0.309 e. The normalized spacial score (nSPS) is 11.0. The standard InChI is InChI=1S/C30H21ClN4O3/c31-25-13-11-23(12-14-25)30(36)33-32-20-24-19-28(21-7-3-1-4-8-21)34(29(24)22-9-5-2-6-10-22)26-15-17-27(18-16-26)35(37)38/h1-20H,(H,33,36)/b32-20-. The minimum atomic E-state index is -0.420. The third-order valence-electron chi connectivity index (χ3n) is 5.94. The lowest BCUT2D eigenvalue weighted by Crippen LogP contribution is -2.17. The molecule has 0 aliphatic heterocycles. The van der Waals surface area contributed by atoms with E-state index in [9.17, 15) is 14.9 Å². The number of amides is 1. The first-order valence-corrected chi connectivity index (χ1v) is 12.1. The summed E-state index contributed by atoms with van der Waals surface area (Å²) in [6.07, 6.45) is 1.60. The monoisotopic (exact) mass is 520 g/mol. The number of carbonyl (C=O) groups is 1. The van der Waals surface area contributed by atoms with Crippen molar-refractivity contribution in [2.75, 3.05) is 0 Å². The molecule has 1 N–H and O–H groups in total. The summed E-state index contributed by atoms with van der Waals surface area (Å²) < 4.78 is 2.04. The SMILES string of the molecule is O=C(N/N=C\c1cc(-c2ccccc2)n(-c2ccc([N+](=O)[O-])cc2)c1-c1ccccc1)c1ccc(Cl)cc1. The van der Waals surface area contributed by atoms with Gasteiger partial charge in [-0.2, -0.15) is 5.10 Å². The summed E-state index contributed by atoms with van der Waals surface area (Å²) >= 11 is 5.92. The number of nitrogens with one attached hydrogen (secondary N) is 1. The van der Waals surface area contributed by atoms with Gasteiger partial charge in [-0.25, -0.2) is 5.43 Å². The summed E-state index contributed by atoms with van der Waals surface area (Å²) in [7, 11) is 0. The lowest BCUT2D eigenvalue weighted by atomic mass is 10.1. The maximum absolute atomic E-state index is 12.6. The topological polar surface area (TPSA) is 89.5 Å². The molecule has 1 aromatic heterocycles. The summed E-state index contributed by atoms with van der Waals surface area (Å²) in [5, 5.41) is 16.0. The van der Waals surface area contributed by atoms with E-state index in [-0.39, 0.29) is 11.6 Å². The van der Waals surface area contributed by atoms with Gasteiger partial charge in [-0.05, 0) is 53.6 Å². The minimum absolute atomic E-state index is 0.00938. The molecule has 0 atom stereocenters. The van der Waals surface area contributed by atoms with Gasteiger partial charge in [-0.1, -0.05) is 72.3 Å². The number of nitrogens with zero attached hydrogens (tertiary/aromatic N) is 3. The van der Waals surface area contributed by atoms with Gasteiger partial charge in [-0.3, -0.25) is 14.9 Å². The molecule has 0 saturated heterocycles. The smallest absolute Gasteiger partial charge is 0.271 e. The number of benzene rings is 4. The van der Waals surface area contributed by atoms with Gasteiger partial charge in [0.25, 0.3) is 11.6 Å². The molecule has 7 nitrogen and oxygen atoms in total. The molecule has 0 bridgehead atoms. The van der Waals surface area contributed by atoms with Crippen molar-refractivity contribution in [2.45, 2.75) is 0 Å². The van der Waals surface area contributed by atoms with Gasteiger partial charge in [0.2, 0.25) is 0 Å². The zero-order valence-electron chi connectivity index (χ0n) is 20.0. The molecule has 0 radical (unpaired) electrons. The molecule has 1 heterocycles. The Morgan fingerprint density at radius 3 is 2.05 bits per heavy atom. The Balaban J connectivity index is 1.63. The average molecular weight is 521 g/mol. The predicted molar refractivity (Wildman–Crippen MR) is 150 cm³/mol. The second kappa shape index (κ2) is 10.9. The van der Waals surface area contributed by atoms with Crippen LogP contribution < -0.4 is 5.43 Å². The maximum Gasteiger partial charge on any atom is 0.271 e. The summed E-state index contributed by atoms with van der Waals surface area (Å²) in [5.41, 5.74) is 8.08. The highest BCUT2D eigenvalue weighted by atomic mass is 35.5. The number of aromatic nitrogens is 1. The Kier molecular flexibility index (Phi) is 7.10. The van der Waals surface area contributed by atoms with Gasteiger partial charge in [0, 0.05) is 34.0 Å². The van der Waals surface area contributed by atoms with Crippen molar-refractivity contribution in [1.29, 1.82) is 0 Å². The lowest BCUT2D eigenvalue weighted by Gasteiger charge is -2.15. The number of hydrogen-bond donors (Lipinski definition) is 1. The van der Waals surface area contributed by atoms with E-state index in [4.69, 9.17) is 11.6 Å². The molecule has 0 aliphatic rings. The van der Waals surface area contributed by atoms with E-state index < -0.39 is 4.92 Å². The molecule has 8 heteroatoms. The number of rotatable bonds is 7. The zero-order chi connectivity index (χ0) is 26.5. The van der Waals surface area contributed by atoms with Gasteiger partial charge >= 0.3 is 0 Å². The molecular formula is C30H21ClN4O3. The Bertz CT molecular complexity index is 1610. The van der Waals surface area contributed by atoms with Gasteiger partial charge in [0.1, 0.15) is 0 Å². The Labute approximate surface area is 223 Å². The van der Waals surface area contributed by atoms with Gasteiger partial charge in [0.15, 0.2) is 0 Å². The van der Waals surface area contributed by atoms with Crippen molar-refractivity contribution in [2.24, 2.45) is 5.10 Å². The molecule has 38 heavy (non-hydrogen) atoms. The number of nitro groups is 1. The molecule has 4 aromatic carbocycles. The van der Waals surface area contributed by atoms with Crippen LogP contribution >= 0.6 is 11.6 Å². The Hall–Kier alpha value is -5.01. The number of non-ortho nitro benzene ring substituents is 1. The van der Waals surface area contributed by atoms with Crippen LogP contribution in [0.3, 0.4) is 0 Å². The lowest BCUT2D eigenvalue weighted by molar-refractivity contribution is -0.384. The van der Waals surface area contributed by atoms with Crippen LogP contribution in [0, 0.1) is 10.1 Å². The predicted octanol–water partition coefficient (Wildman–Crippen LogP) is 7.14. The van der Waals surface area contributed by atoms with Crippen molar-refractivity contribution < 1.29 is 9.72 Å². The fourth-order valence-electron chi connectivity index (χ4n) is 4.16. The molecule has 0 aliphatic carbocycles. The third-order valence-corrected chi connectivity index (χ3v) is 6.19. The summed E-state index contributed by atoms with van der Waals surface area (Å²) in [6.45, 7) is 0. The quantitative estimate of drug-likeness (QED) is 0.140. The van der Waals surface area contributed by atoms with Crippen molar-refractivity contribution in [3.05, 3.63) is 142 Å². The number of hydrazone groups is 1. The molecule has 5 aromatic rings. The molecule has 0 fully saturated rings. The van der Waals surface area contributed by atoms with E-state index in [1.807, 2.05) is 71.3 Å². The van der Waals surface area contributed by atoms with E-state index >= 15 is 0 Å². The van der Waals surface area contributed by atoms with Crippen LogP contribution in [0.15, 0.2) is 120 Å². The van der Waals surface area contributed by atoms with E-state index in [2.05, 4.69) is 10.5 Å². The van der Waals surface area contributed by atoms with Gasteiger partial charge in [0.05, 0.1) is 22.5 Å². The molecule has 0 spiro atoms. The molecular weight excluding hydrogens is 500 g/mol. The van der Waals surface area contributed by atoms with Gasteiger partial charge < -0.3 is 4.57 Å². The van der Waals surface area contributed by atoms with Crippen LogP contribution in [-0.4, -0.2) is 21.6 Å². The summed E-state index contributed by atoms with van der Waals surface area (Å²) in [6, 6.07) is 34.5. The number of carbonyl (C=O) groups excluding carboxylic acids is 1. The third kappa shape index (κ3) is 5.23. The van der Waals surface area contributed by atoms with Crippen LogP contribution in [0.1, 0.15) is 15.9 Å². The van der Waals surface area contributed by atoms with Crippen molar-refractivity contribution in [3.63, 3.8) is 0 Å². The first-order valence-electron chi connectivity index (χ1n) is 11.7. The fourth-order valence-corrected chi connectivity index (χ4v) is 4.29. The first kappa shape index (κ1) is 24.7. The van der Waals surface area contributed by atoms with Crippen LogP contribution in [0.4, 0.5) is 5.69 Å². The Morgan fingerprint density at radius 2 is 1.45 bits per heavy atom. The first-order chi connectivity index (χ1) is 18.5. The molecule has 1 amide bonds. The highest BCUT2D eigenvalue weighted by Gasteiger charge is 2.19. The number of hydrogen-bond acceptors (Lipinski definition) is 4.